The van der Waals surface area contributed by atoms with Crippen LogP contribution in [0.4, 0.5) is 4.39 Å². The Morgan fingerprint density at radius 2 is 1.43 bits per heavy atom. The van der Waals surface area contributed by atoms with E-state index >= 15 is 0 Å². The van der Waals surface area contributed by atoms with Crippen LogP contribution in [0.2, 0.25) is 18.1 Å². The van der Waals surface area contributed by atoms with Crippen molar-refractivity contribution < 1.29 is 4.39 Å². The van der Waals surface area contributed by atoms with Gasteiger partial charge in [0.05, 0.1) is 0 Å². The topological polar surface area (TPSA) is 0 Å². The zero-order valence-corrected chi connectivity index (χ0v) is 23.7. The number of hydrogen-bond acceptors (Lipinski definition) is 0. The molecule has 0 aromatic heterocycles. The summed E-state index contributed by atoms with van der Waals surface area (Å²) in [5.74, 6) is 2.93. The maximum absolute atomic E-state index is 14.8. The minimum absolute atomic E-state index is 0.0790. The van der Waals surface area contributed by atoms with E-state index < -0.39 is 0 Å². The smallest absolute Gasteiger partial charge is 0.131 e. The number of aryl methyl sites for hydroxylation is 2. The maximum atomic E-state index is 14.8. The van der Waals surface area contributed by atoms with Gasteiger partial charge in [-0.2, -0.15) is 0 Å². The lowest BCUT2D eigenvalue weighted by Gasteiger charge is -2.37. The molecule has 2 aromatic carbocycles. The van der Waals surface area contributed by atoms with Crippen LogP contribution in [0.1, 0.15) is 95.6 Å². The number of benzene rings is 2. The number of hydrogen-bond donors (Lipinski definition) is 0. The van der Waals surface area contributed by atoms with E-state index in [4.69, 9.17) is 0 Å². The first kappa shape index (κ1) is 26.6. The summed E-state index contributed by atoms with van der Waals surface area (Å²) in [6.07, 6.45) is 17.5. The monoisotopic (exact) mass is 492 g/mol. The molecule has 0 spiro atoms. The molecule has 192 valence electrons. The highest BCUT2D eigenvalue weighted by molar-refractivity contribution is 6.58. The quantitative estimate of drug-likeness (QED) is 0.216. The largest absolute Gasteiger partial charge is 0.206 e. The highest BCUT2D eigenvalue weighted by Gasteiger charge is 2.30. The van der Waals surface area contributed by atoms with Crippen LogP contribution in [0.15, 0.2) is 42.5 Å². The van der Waals surface area contributed by atoms with Crippen molar-refractivity contribution in [2.24, 2.45) is 17.8 Å². The number of rotatable bonds is 11. The fourth-order valence-corrected chi connectivity index (χ4v) is 10.5. The summed E-state index contributed by atoms with van der Waals surface area (Å²) in [6, 6.07) is 19.4. The molecule has 1 aliphatic carbocycles. The third-order valence-corrected chi connectivity index (χ3v) is 13.0. The molecule has 2 heteroatoms. The van der Waals surface area contributed by atoms with E-state index in [-0.39, 0.29) is 14.6 Å². The minimum atomic E-state index is -0.333. The molecule has 4 rings (SSSR count). The van der Waals surface area contributed by atoms with Crippen LogP contribution in [-0.2, 0) is 12.8 Å². The molecule has 0 nitrogen and oxygen atoms in total. The Labute approximate surface area is 216 Å². The average molecular weight is 493 g/mol. The molecule has 2 aliphatic rings. The summed E-state index contributed by atoms with van der Waals surface area (Å²) >= 11 is 0. The van der Waals surface area contributed by atoms with Crippen molar-refractivity contribution in [1.82, 2.24) is 0 Å². The fourth-order valence-electron chi connectivity index (χ4n) is 7.05. The molecular weight excluding hydrogens is 443 g/mol. The van der Waals surface area contributed by atoms with E-state index in [0.29, 0.717) is 0 Å². The third kappa shape index (κ3) is 7.78. The lowest BCUT2D eigenvalue weighted by atomic mass is 9.73. The lowest BCUT2D eigenvalue weighted by molar-refractivity contribution is 0.186. The Bertz CT molecular complexity index is 872. The van der Waals surface area contributed by atoms with Crippen molar-refractivity contribution in [2.75, 3.05) is 0 Å². The molecule has 1 heterocycles. The summed E-state index contributed by atoms with van der Waals surface area (Å²) < 4.78 is 14.8. The van der Waals surface area contributed by atoms with Gasteiger partial charge < -0.3 is 0 Å². The van der Waals surface area contributed by atoms with Crippen LogP contribution in [0.5, 0.6) is 0 Å². The molecule has 0 atom stereocenters. The van der Waals surface area contributed by atoms with Crippen molar-refractivity contribution >= 4 is 8.80 Å². The fraction of sp³-hybridized carbons (Fsp3) is 0.636. The van der Waals surface area contributed by atoms with Gasteiger partial charge in [-0.3, -0.25) is 0 Å². The van der Waals surface area contributed by atoms with Crippen LogP contribution < -0.4 is 0 Å². The summed E-state index contributed by atoms with van der Waals surface area (Å²) in [5.41, 5.74) is 4.27. The van der Waals surface area contributed by atoms with Gasteiger partial charge in [0.2, 0.25) is 0 Å². The van der Waals surface area contributed by atoms with Gasteiger partial charge in [0, 0.05) is 14.4 Å². The van der Waals surface area contributed by atoms with Gasteiger partial charge in [0.15, 0.2) is 0 Å². The molecule has 0 unspecified atom stereocenters. The van der Waals surface area contributed by atoms with Crippen molar-refractivity contribution in [1.29, 1.82) is 0 Å². The Morgan fingerprint density at radius 3 is 2.09 bits per heavy atom. The summed E-state index contributed by atoms with van der Waals surface area (Å²) in [4.78, 5) is 0. The second-order valence-electron chi connectivity index (χ2n) is 11.9. The van der Waals surface area contributed by atoms with Gasteiger partial charge in [-0.25, -0.2) is 4.39 Å². The van der Waals surface area contributed by atoms with E-state index in [1.807, 2.05) is 6.07 Å². The highest BCUT2D eigenvalue weighted by Crippen LogP contribution is 2.42. The molecular formula is C33H49FSi. The average Bonchev–Trinajstić information content (AvgIpc) is 2.89. The van der Waals surface area contributed by atoms with Crippen molar-refractivity contribution in [3.8, 4) is 11.1 Å². The molecule has 2 fully saturated rings. The summed E-state index contributed by atoms with van der Waals surface area (Å²) in [7, 11) is -0.333. The summed E-state index contributed by atoms with van der Waals surface area (Å²) in [5, 5.41) is 0. The maximum Gasteiger partial charge on any atom is 0.131 e. The first-order chi connectivity index (χ1) is 17.2. The van der Waals surface area contributed by atoms with E-state index in [1.165, 1.54) is 63.4 Å². The number of halogens is 1. The number of unbranched alkanes of at least 4 members (excludes halogenated alkanes) is 2. The molecule has 2 aromatic rings. The van der Waals surface area contributed by atoms with Gasteiger partial charge >= 0.3 is 0 Å². The van der Waals surface area contributed by atoms with Gasteiger partial charge in [0.1, 0.15) is 5.82 Å². The van der Waals surface area contributed by atoms with E-state index in [0.717, 1.165) is 47.3 Å². The van der Waals surface area contributed by atoms with E-state index in [9.17, 15) is 4.39 Å². The van der Waals surface area contributed by atoms with E-state index in [1.54, 1.807) is 37.0 Å². The van der Waals surface area contributed by atoms with E-state index in [2.05, 4.69) is 44.2 Å². The van der Waals surface area contributed by atoms with Crippen LogP contribution in [0.25, 0.3) is 11.1 Å². The van der Waals surface area contributed by atoms with Crippen LogP contribution >= 0.6 is 0 Å². The minimum Gasteiger partial charge on any atom is -0.206 e. The molecule has 1 aliphatic heterocycles. The molecule has 35 heavy (non-hydrogen) atoms. The molecule has 0 bridgehead atoms. The highest BCUT2D eigenvalue weighted by atomic mass is 28.3. The van der Waals surface area contributed by atoms with Gasteiger partial charge in [0.25, 0.3) is 0 Å². The lowest BCUT2D eigenvalue weighted by Crippen LogP contribution is -2.28. The standard InChI is InChI=1S/C33H49FSi/c1-3-5-6-7-28-14-19-32(33(34)25-28)31-17-12-27(13-18-31)9-8-26-10-15-29(16-11-26)30-20-23-35(22-4-2)24-21-30/h12-14,17-19,25-26,29-30,35H,3-11,15-16,20-24H2,1-2H3/t26-,29-,30?,35?. The summed E-state index contributed by atoms with van der Waals surface area (Å²) in [6.45, 7) is 4.58. The zero-order chi connectivity index (χ0) is 24.5. The van der Waals surface area contributed by atoms with Crippen molar-refractivity contribution in [3.05, 3.63) is 59.4 Å². The predicted molar refractivity (Wildman–Crippen MR) is 153 cm³/mol. The van der Waals surface area contributed by atoms with Crippen LogP contribution in [-0.4, -0.2) is 8.80 Å². The van der Waals surface area contributed by atoms with Gasteiger partial charge in [-0.05, 0) is 79.0 Å². The Kier molecular flexibility index (Phi) is 10.5. The second-order valence-corrected chi connectivity index (χ2v) is 15.3. The predicted octanol–water partition coefficient (Wildman–Crippen LogP) is 10.0. The Morgan fingerprint density at radius 1 is 0.743 bits per heavy atom. The molecule has 0 N–H and O–H groups in total. The SMILES string of the molecule is CCCCCc1ccc(-c2ccc(CC[C@H]3CC[C@H](C4CC[SiH](CCC)CC4)CC3)cc2)c(F)c1. The third-order valence-electron chi connectivity index (χ3n) is 9.36. The normalized spacial score (nSPS) is 25.0. The van der Waals surface area contributed by atoms with Crippen molar-refractivity contribution in [2.45, 2.75) is 115 Å². The molecule has 0 amide bonds. The zero-order valence-electron chi connectivity index (χ0n) is 22.5. The molecule has 1 saturated heterocycles. The molecule has 0 radical (unpaired) electrons. The first-order valence-corrected chi connectivity index (χ1v) is 17.5. The second kappa shape index (κ2) is 13.8. The first-order valence-electron chi connectivity index (χ1n) is 15.0. The Hall–Kier alpha value is -1.41. The molecule has 1 saturated carbocycles. The van der Waals surface area contributed by atoms with Crippen LogP contribution in [0, 0.1) is 23.6 Å². The van der Waals surface area contributed by atoms with Crippen LogP contribution in [0.3, 0.4) is 0 Å². The van der Waals surface area contributed by atoms with Crippen molar-refractivity contribution in [3.63, 3.8) is 0 Å². The Balaban J connectivity index is 1.20. The van der Waals surface area contributed by atoms with Gasteiger partial charge in [-0.15, -0.1) is 0 Å². The van der Waals surface area contributed by atoms with Gasteiger partial charge in [-0.1, -0.05) is 113 Å².